The maximum atomic E-state index is 12.7. The van der Waals surface area contributed by atoms with Crippen LogP contribution < -0.4 is 5.73 Å². The van der Waals surface area contributed by atoms with Gasteiger partial charge in [0.25, 0.3) is 0 Å². The molecule has 1 aliphatic rings. The van der Waals surface area contributed by atoms with Crippen molar-refractivity contribution in [2.75, 3.05) is 12.3 Å². The summed E-state index contributed by atoms with van der Waals surface area (Å²) >= 11 is 0.971. The Hall–Kier alpha value is -1.98. The summed E-state index contributed by atoms with van der Waals surface area (Å²) < 4.78 is 28.9. The number of Topliss-reactive ketones (excluding diaryl/α,β-unsaturated/α-hetero) is 1. The highest BCUT2D eigenvalue weighted by Gasteiger charge is 2.45. The third-order valence-electron chi connectivity index (χ3n) is 3.77. The van der Waals surface area contributed by atoms with Crippen LogP contribution in [-0.4, -0.2) is 24.1 Å². The van der Waals surface area contributed by atoms with E-state index in [0.717, 1.165) is 11.3 Å². The summed E-state index contributed by atoms with van der Waals surface area (Å²) in [6.07, 6.45) is 0.290. The summed E-state index contributed by atoms with van der Waals surface area (Å²) in [4.78, 5) is 13.0. The Morgan fingerprint density at radius 2 is 2.32 bits per heavy atom. The minimum absolute atomic E-state index is 0.176. The Bertz CT molecular complexity index is 666. The number of nitrogens with two attached hydrogens (primary N) is 1. The molecule has 0 fully saturated rings. The SMILES string of the molecule is C=C(O)c1c(N)sc2c1CCC(CC#N)(COC(F)F)C2=O. The van der Waals surface area contributed by atoms with Crippen LogP contribution in [0.25, 0.3) is 5.76 Å². The van der Waals surface area contributed by atoms with Gasteiger partial charge in [-0.3, -0.25) is 4.79 Å². The number of nitriles is 1. The van der Waals surface area contributed by atoms with Crippen molar-refractivity contribution in [3.63, 3.8) is 0 Å². The van der Waals surface area contributed by atoms with Gasteiger partial charge in [-0.2, -0.15) is 14.0 Å². The number of nitrogens with zero attached hydrogens (tertiary/aromatic N) is 1. The predicted octanol–water partition coefficient (Wildman–Crippen LogP) is 3.13. The largest absolute Gasteiger partial charge is 0.508 e. The number of alkyl halides is 2. The van der Waals surface area contributed by atoms with Crippen LogP contribution in [0.2, 0.25) is 0 Å². The molecule has 0 saturated carbocycles. The molecular formula is C14H14F2N2O3S. The summed E-state index contributed by atoms with van der Waals surface area (Å²) in [6.45, 7) is -0.114. The van der Waals surface area contributed by atoms with E-state index in [0.29, 0.717) is 17.5 Å². The summed E-state index contributed by atoms with van der Waals surface area (Å²) in [5, 5.41) is 18.8. The zero-order chi connectivity index (χ0) is 16.5. The summed E-state index contributed by atoms with van der Waals surface area (Å²) in [6, 6.07) is 1.87. The monoisotopic (exact) mass is 328 g/mol. The second-order valence-electron chi connectivity index (χ2n) is 5.11. The number of aliphatic hydroxyl groups excluding tert-OH is 1. The molecule has 0 radical (unpaired) electrons. The molecule has 1 aliphatic carbocycles. The second kappa shape index (κ2) is 6.02. The third-order valence-corrected chi connectivity index (χ3v) is 4.83. The van der Waals surface area contributed by atoms with Crippen LogP contribution in [0, 0.1) is 16.7 Å². The van der Waals surface area contributed by atoms with Gasteiger partial charge < -0.3 is 15.6 Å². The van der Waals surface area contributed by atoms with Gasteiger partial charge in [-0.15, -0.1) is 11.3 Å². The van der Waals surface area contributed by atoms with E-state index in [2.05, 4.69) is 11.3 Å². The Morgan fingerprint density at radius 3 is 2.86 bits per heavy atom. The first-order valence-corrected chi connectivity index (χ1v) is 7.25. The third kappa shape index (κ3) is 2.69. The number of hydrogen-bond donors (Lipinski definition) is 2. The normalized spacial score (nSPS) is 20.7. The molecule has 0 spiro atoms. The van der Waals surface area contributed by atoms with E-state index in [-0.39, 0.29) is 28.5 Å². The van der Waals surface area contributed by atoms with E-state index in [9.17, 15) is 18.7 Å². The average molecular weight is 328 g/mol. The van der Waals surface area contributed by atoms with Crippen molar-refractivity contribution in [2.45, 2.75) is 25.9 Å². The van der Waals surface area contributed by atoms with Crippen molar-refractivity contribution in [2.24, 2.45) is 5.41 Å². The maximum Gasteiger partial charge on any atom is 0.345 e. The van der Waals surface area contributed by atoms with E-state index in [1.165, 1.54) is 0 Å². The zero-order valence-corrected chi connectivity index (χ0v) is 12.4. The number of ether oxygens (including phenoxy) is 1. The van der Waals surface area contributed by atoms with Crippen molar-refractivity contribution < 1.29 is 23.4 Å². The van der Waals surface area contributed by atoms with Crippen molar-refractivity contribution in [3.8, 4) is 6.07 Å². The number of fused-ring (bicyclic) bond motifs is 1. The van der Waals surface area contributed by atoms with E-state index in [4.69, 9.17) is 11.0 Å². The first-order valence-electron chi connectivity index (χ1n) is 6.43. The lowest BCUT2D eigenvalue weighted by Crippen LogP contribution is -2.40. The molecule has 1 aromatic rings. The smallest absolute Gasteiger partial charge is 0.345 e. The van der Waals surface area contributed by atoms with Gasteiger partial charge in [-0.1, -0.05) is 6.58 Å². The van der Waals surface area contributed by atoms with Gasteiger partial charge in [0, 0.05) is 0 Å². The van der Waals surface area contributed by atoms with Gasteiger partial charge in [-0.05, 0) is 18.4 Å². The van der Waals surface area contributed by atoms with Crippen LogP contribution in [0.1, 0.15) is 33.6 Å². The van der Waals surface area contributed by atoms with E-state index < -0.39 is 24.4 Å². The maximum absolute atomic E-state index is 12.7. The standard InChI is InChI=1S/C14H14F2N2O3S/c1-7(19)9-8-2-3-14(4-5-17,6-21-13(15)16)11(20)10(8)22-12(9)18/h13,19H,1-4,6,18H2. The topological polar surface area (TPSA) is 96.3 Å². The van der Waals surface area contributed by atoms with Gasteiger partial charge in [0.15, 0.2) is 5.78 Å². The second-order valence-corrected chi connectivity index (χ2v) is 6.16. The first-order chi connectivity index (χ1) is 10.3. The molecule has 1 atom stereocenters. The molecule has 22 heavy (non-hydrogen) atoms. The molecule has 2 rings (SSSR count). The molecule has 5 nitrogen and oxygen atoms in total. The molecule has 1 heterocycles. The molecule has 1 aromatic heterocycles. The Morgan fingerprint density at radius 1 is 1.64 bits per heavy atom. The van der Waals surface area contributed by atoms with Crippen molar-refractivity contribution in [3.05, 3.63) is 22.6 Å². The number of anilines is 1. The fourth-order valence-electron chi connectivity index (χ4n) is 2.67. The van der Waals surface area contributed by atoms with E-state index in [1.54, 1.807) is 0 Å². The summed E-state index contributed by atoms with van der Waals surface area (Å²) in [5.74, 6) is -0.681. The molecule has 1 unspecified atom stereocenters. The lowest BCUT2D eigenvalue weighted by atomic mass is 9.71. The molecule has 0 bridgehead atoms. The summed E-state index contributed by atoms with van der Waals surface area (Å²) in [7, 11) is 0. The van der Waals surface area contributed by atoms with E-state index in [1.807, 2.05) is 6.07 Å². The van der Waals surface area contributed by atoms with E-state index >= 15 is 0 Å². The van der Waals surface area contributed by atoms with Gasteiger partial charge in [0.2, 0.25) is 0 Å². The highest BCUT2D eigenvalue weighted by atomic mass is 32.1. The van der Waals surface area contributed by atoms with Crippen LogP contribution in [0.4, 0.5) is 13.8 Å². The highest BCUT2D eigenvalue weighted by Crippen LogP contribution is 2.46. The molecule has 3 N–H and O–H groups in total. The number of ketones is 1. The van der Waals surface area contributed by atoms with Gasteiger partial charge in [0.1, 0.15) is 5.76 Å². The fourth-order valence-corrected chi connectivity index (χ4v) is 3.87. The van der Waals surface area contributed by atoms with Crippen molar-refractivity contribution >= 4 is 27.9 Å². The zero-order valence-electron chi connectivity index (χ0n) is 11.6. The van der Waals surface area contributed by atoms with Gasteiger partial charge >= 0.3 is 6.61 Å². The molecular weight excluding hydrogens is 314 g/mol. The minimum atomic E-state index is -3.01. The Labute approximate surface area is 129 Å². The lowest BCUT2D eigenvalue weighted by Gasteiger charge is -2.33. The number of hydrogen-bond acceptors (Lipinski definition) is 6. The highest BCUT2D eigenvalue weighted by molar-refractivity contribution is 7.18. The molecule has 0 amide bonds. The van der Waals surface area contributed by atoms with Gasteiger partial charge in [-0.25, -0.2) is 0 Å². The van der Waals surface area contributed by atoms with Gasteiger partial charge in [0.05, 0.1) is 40.0 Å². The number of aliphatic hydroxyl groups is 1. The quantitative estimate of drug-likeness (QED) is 0.810. The van der Waals surface area contributed by atoms with Crippen LogP contribution >= 0.6 is 11.3 Å². The molecule has 0 aromatic carbocycles. The van der Waals surface area contributed by atoms with Crippen LogP contribution in [-0.2, 0) is 11.2 Å². The van der Waals surface area contributed by atoms with Crippen molar-refractivity contribution in [1.82, 2.24) is 0 Å². The molecule has 8 heteroatoms. The lowest BCUT2D eigenvalue weighted by molar-refractivity contribution is -0.146. The number of carbonyl (C=O) groups excluding carboxylic acids is 1. The number of rotatable bonds is 5. The number of nitrogen functional groups attached to an aromatic ring is 1. The molecule has 0 saturated heterocycles. The minimum Gasteiger partial charge on any atom is -0.508 e. The summed E-state index contributed by atoms with van der Waals surface area (Å²) in [5.41, 5.74) is 5.38. The molecule has 0 aliphatic heterocycles. The first kappa shape index (κ1) is 16.4. The number of carbonyl (C=O) groups is 1. The number of thiophene rings is 1. The average Bonchev–Trinajstić information content (AvgIpc) is 2.78. The number of halogens is 2. The van der Waals surface area contributed by atoms with Crippen LogP contribution in [0.5, 0.6) is 0 Å². The Balaban J connectivity index is 2.43. The predicted molar refractivity (Wildman–Crippen MR) is 77.7 cm³/mol. The van der Waals surface area contributed by atoms with Crippen LogP contribution in [0.3, 0.4) is 0 Å². The molecule has 118 valence electrons. The fraction of sp³-hybridized carbons (Fsp3) is 0.429. The Kier molecular flexibility index (Phi) is 4.49. The van der Waals surface area contributed by atoms with Crippen molar-refractivity contribution in [1.29, 1.82) is 5.26 Å². The van der Waals surface area contributed by atoms with Crippen LogP contribution in [0.15, 0.2) is 6.58 Å².